The van der Waals surface area contributed by atoms with E-state index in [0.717, 1.165) is 11.3 Å². The summed E-state index contributed by atoms with van der Waals surface area (Å²) >= 11 is 12.4. The molecule has 0 bridgehead atoms. The summed E-state index contributed by atoms with van der Waals surface area (Å²) in [5.74, 6) is -0.355. The maximum absolute atomic E-state index is 11.6. The highest BCUT2D eigenvalue weighted by atomic mass is 35.5. The van der Waals surface area contributed by atoms with Crippen LogP contribution in [0, 0.1) is 0 Å². The predicted molar refractivity (Wildman–Crippen MR) is 64.3 cm³/mol. The van der Waals surface area contributed by atoms with Crippen molar-refractivity contribution in [2.75, 3.05) is 5.32 Å². The molecule has 0 aliphatic carbocycles. The Labute approximate surface area is 105 Å². The van der Waals surface area contributed by atoms with Crippen LogP contribution in [0.3, 0.4) is 0 Å². The Morgan fingerprint density at radius 1 is 1.31 bits per heavy atom. The second kappa shape index (κ2) is 4.78. The molecule has 0 spiro atoms. The van der Waals surface area contributed by atoms with E-state index < -0.39 is 0 Å². The molecule has 0 radical (unpaired) electrons. The van der Waals surface area contributed by atoms with Gasteiger partial charge >= 0.3 is 0 Å². The van der Waals surface area contributed by atoms with Gasteiger partial charge in [-0.15, -0.1) is 10.2 Å². The van der Waals surface area contributed by atoms with Crippen LogP contribution >= 0.6 is 34.5 Å². The predicted octanol–water partition coefficient (Wildman–Crippen LogP) is 3.10. The van der Waals surface area contributed by atoms with Crippen LogP contribution in [0.2, 0.25) is 9.49 Å². The van der Waals surface area contributed by atoms with Gasteiger partial charge in [0.25, 0.3) is 5.91 Å². The molecule has 0 saturated heterocycles. The van der Waals surface area contributed by atoms with Gasteiger partial charge < -0.3 is 5.32 Å². The number of amides is 1. The molecule has 0 fully saturated rings. The molecule has 1 N–H and O–H groups in total. The largest absolute Gasteiger partial charge is 0.320 e. The molecule has 0 atom stereocenters. The fourth-order valence-electron chi connectivity index (χ4n) is 1.05. The van der Waals surface area contributed by atoms with Gasteiger partial charge in [0.05, 0.1) is 0 Å². The zero-order valence-electron chi connectivity index (χ0n) is 7.78. The fraction of sp³-hybridized carbons (Fsp3) is 0. The molecule has 16 heavy (non-hydrogen) atoms. The zero-order chi connectivity index (χ0) is 11.5. The van der Waals surface area contributed by atoms with Crippen LogP contribution in [0.25, 0.3) is 0 Å². The number of nitrogens with zero attached hydrogens (tertiary/aromatic N) is 2. The summed E-state index contributed by atoms with van der Waals surface area (Å²) < 4.78 is 0.233. The number of carbonyl (C=O) groups excluding carboxylic acids is 1. The van der Waals surface area contributed by atoms with Crippen molar-refractivity contribution in [3.05, 3.63) is 38.8 Å². The second-order valence-electron chi connectivity index (χ2n) is 2.82. The SMILES string of the molecule is O=C(Nc1cccc(Cl)c1)c1nnc(Cl)s1. The van der Waals surface area contributed by atoms with Crippen molar-refractivity contribution >= 4 is 46.1 Å². The van der Waals surface area contributed by atoms with Crippen molar-refractivity contribution in [1.82, 2.24) is 10.2 Å². The van der Waals surface area contributed by atoms with Crippen molar-refractivity contribution in [2.45, 2.75) is 0 Å². The molecule has 82 valence electrons. The molecule has 4 nitrogen and oxygen atoms in total. The quantitative estimate of drug-likeness (QED) is 0.915. The van der Waals surface area contributed by atoms with E-state index in [1.165, 1.54) is 0 Å². The average molecular weight is 274 g/mol. The Bertz CT molecular complexity index is 529. The standard InChI is InChI=1S/C9H5Cl2N3OS/c10-5-2-1-3-6(4-5)12-7(15)8-13-14-9(11)16-8/h1-4H,(H,12,15). The number of benzene rings is 1. The minimum Gasteiger partial charge on any atom is -0.320 e. The van der Waals surface area contributed by atoms with Crippen LogP contribution in [0.5, 0.6) is 0 Å². The van der Waals surface area contributed by atoms with E-state index in [-0.39, 0.29) is 15.4 Å². The van der Waals surface area contributed by atoms with Gasteiger partial charge in [-0.2, -0.15) is 0 Å². The van der Waals surface area contributed by atoms with Crippen LogP contribution in [-0.2, 0) is 0 Å². The molecular formula is C9H5Cl2N3OS. The van der Waals surface area contributed by atoms with Gasteiger partial charge in [0.15, 0.2) is 0 Å². The van der Waals surface area contributed by atoms with Crippen molar-refractivity contribution < 1.29 is 4.79 Å². The number of nitrogens with one attached hydrogen (secondary N) is 1. The lowest BCUT2D eigenvalue weighted by molar-refractivity contribution is 0.102. The minimum atomic E-state index is -0.355. The minimum absolute atomic E-state index is 0.213. The van der Waals surface area contributed by atoms with E-state index in [2.05, 4.69) is 15.5 Å². The van der Waals surface area contributed by atoms with Gasteiger partial charge in [-0.1, -0.05) is 29.0 Å². The van der Waals surface area contributed by atoms with Crippen LogP contribution in [0.1, 0.15) is 9.80 Å². The molecule has 2 aromatic rings. The van der Waals surface area contributed by atoms with E-state index in [0.29, 0.717) is 10.7 Å². The normalized spacial score (nSPS) is 10.1. The molecule has 0 saturated carbocycles. The van der Waals surface area contributed by atoms with Gasteiger partial charge in [0.2, 0.25) is 9.47 Å². The first kappa shape index (κ1) is 11.3. The highest BCUT2D eigenvalue weighted by molar-refractivity contribution is 7.17. The van der Waals surface area contributed by atoms with E-state index >= 15 is 0 Å². The maximum Gasteiger partial charge on any atom is 0.286 e. The number of aromatic nitrogens is 2. The molecule has 1 amide bonds. The molecule has 7 heteroatoms. The number of halogens is 2. The molecular weight excluding hydrogens is 269 g/mol. The summed E-state index contributed by atoms with van der Waals surface area (Å²) in [6.07, 6.45) is 0. The van der Waals surface area contributed by atoms with Gasteiger partial charge in [0.1, 0.15) is 0 Å². The summed E-state index contributed by atoms with van der Waals surface area (Å²) in [5, 5.41) is 10.6. The Morgan fingerprint density at radius 2 is 2.12 bits per heavy atom. The monoisotopic (exact) mass is 273 g/mol. The summed E-state index contributed by atoms with van der Waals surface area (Å²) in [7, 11) is 0. The van der Waals surface area contributed by atoms with Crippen molar-refractivity contribution in [3.63, 3.8) is 0 Å². The molecule has 2 rings (SSSR count). The third-order valence-electron chi connectivity index (χ3n) is 1.68. The van der Waals surface area contributed by atoms with E-state index in [1.54, 1.807) is 24.3 Å². The van der Waals surface area contributed by atoms with Gasteiger partial charge in [-0.25, -0.2) is 0 Å². The van der Waals surface area contributed by atoms with Crippen LogP contribution in [0.4, 0.5) is 5.69 Å². The number of rotatable bonds is 2. The summed E-state index contributed by atoms with van der Waals surface area (Å²) in [5.41, 5.74) is 0.601. The molecule has 1 aromatic heterocycles. The van der Waals surface area contributed by atoms with E-state index in [1.807, 2.05) is 0 Å². The third-order valence-corrected chi connectivity index (χ3v) is 2.93. The van der Waals surface area contributed by atoms with Crippen molar-refractivity contribution in [2.24, 2.45) is 0 Å². The summed E-state index contributed by atoms with van der Waals surface area (Å²) in [4.78, 5) is 11.6. The summed E-state index contributed by atoms with van der Waals surface area (Å²) in [6.45, 7) is 0. The topological polar surface area (TPSA) is 54.9 Å². The van der Waals surface area contributed by atoms with E-state index in [9.17, 15) is 4.79 Å². The maximum atomic E-state index is 11.6. The van der Waals surface area contributed by atoms with Crippen molar-refractivity contribution in [3.8, 4) is 0 Å². The summed E-state index contributed by atoms with van der Waals surface area (Å²) in [6, 6.07) is 6.83. The Balaban J connectivity index is 2.13. The van der Waals surface area contributed by atoms with Crippen molar-refractivity contribution in [1.29, 1.82) is 0 Å². The number of anilines is 1. The van der Waals surface area contributed by atoms with E-state index in [4.69, 9.17) is 23.2 Å². The molecule has 1 aromatic carbocycles. The molecule has 1 heterocycles. The van der Waals surface area contributed by atoms with Crippen LogP contribution < -0.4 is 5.32 Å². The van der Waals surface area contributed by atoms with Gasteiger partial charge in [0, 0.05) is 10.7 Å². The number of hydrogen-bond donors (Lipinski definition) is 1. The Morgan fingerprint density at radius 3 is 2.75 bits per heavy atom. The average Bonchev–Trinajstić information content (AvgIpc) is 2.65. The first-order valence-electron chi connectivity index (χ1n) is 4.21. The van der Waals surface area contributed by atoms with Crippen LogP contribution in [-0.4, -0.2) is 16.1 Å². The van der Waals surface area contributed by atoms with Gasteiger partial charge in [-0.3, -0.25) is 4.79 Å². The Hall–Kier alpha value is -1.17. The lowest BCUT2D eigenvalue weighted by Crippen LogP contribution is -2.11. The Kier molecular flexibility index (Phi) is 3.38. The lowest BCUT2D eigenvalue weighted by Gasteiger charge is -2.02. The number of hydrogen-bond acceptors (Lipinski definition) is 4. The first-order chi connectivity index (χ1) is 7.65. The molecule has 0 aliphatic rings. The smallest absolute Gasteiger partial charge is 0.286 e. The molecule has 0 aliphatic heterocycles. The fourth-order valence-corrected chi connectivity index (χ4v) is 1.96. The highest BCUT2D eigenvalue weighted by Crippen LogP contribution is 2.18. The number of carbonyl (C=O) groups is 1. The molecule has 0 unspecified atom stereocenters. The van der Waals surface area contributed by atoms with Crippen LogP contribution in [0.15, 0.2) is 24.3 Å². The third kappa shape index (κ3) is 2.69. The second-order valence-corrected chi connectivity index (χ2v) is 4.82. The zero-order valence-corrected chi connectivity index (χ0v) is 10.1. The highest BCUT2D eigenvalue weighted by Gasteiger charge is 2.11. The first-order valence-corrected chi connectivity index (χ1v) is 5.78. The van der Waals surface area contributed by atoms with Gasteiger partial charge in [-0.05, 0) is 29.8 Å². The lowest BCUT2D eigenvalue weighted by atomic mass is 10.3.